The highest BCUT2D eigenvalue weighted by molar-refractivity contribution is 5.37. The van der Waals surface area contributed by atoms with Crippen LogP contribution in [0.25, 0.3) is 0 Å². The molecule has 1 heterocycles. The van der Waals surface area contributed by atoms with Crippen LogP contribution >= 0.6 is 0 Å². The molecule has 0 aliphatic carbocycles. The first kappa shape index (κ1) is 14.0. The predicted octanol–water partition coefficient (Wildman–Crippen LogP) is 2.38. The van der Waals surface area contributed by atoms with E-state index in [9.17, 15) is 0 Å². The largest absolute Gasteiger partial charge is 0.317 e. The Balaban J connectivity index is 1.96. The molecular weight excluding hydrogens is 234 g/mol. The van der Waals surface area contributed by atoms with Crippen molar-refractivity contribution in [3.05, 3.63) is 35.4 Å². The fourth-order valence-corrected chi connectivity index (χ4v) is 2.74. The smallest absolute Gasteiger partial charge is 0.0995 e. The molecule has 0 amide bonds. The van der Waals surface area contributed by atoms with E-state index in [-0.39, 0.29) is 0 Å². The minimum Gasteiger partial charge on any atom is -0.317 e. The minimum absolute atomic E-state index is 0.801. The van der Waals surface area contributed by atoms with Gasteiger partial charge in [-0.25, -0.2) is 0 Å². The van der Waals surface area contributed by atoms with E-state index in [0.717, 1.165) is 49.8 Å². The summed E-state index contributed by atoms with van der Waals surface area (Å²) in [4.78, 5) is 2.46. The zero-order chi connectivity index (χ0) is 13.5. The number of hydrogen-bond donors (Lipinski definition) is 1. The topological polar surface area (TPSA) is 39.1 Å². The van der Waals surface area contributed by atoms with Gasteiger partial charge in [-0.2, -0.15) is 5.26 Å². The molecule has 19 heavy (non-hydrogen) atoms. The van der Waals surface area contributed by atoms with Gasteiger partial charge in [0.25, 0.3) is 0 Å². The summed E-state index contributed by atoms with van der Waals surface area (Å²) >= 11 is 0. The van der Waals surface area contributed by atoms with E-state index in [4.69, 9.17) is 5.26 Å². The van der Waals surface area contributed by atoms with Crippen molar-refractivity contribution in [3.63, 3.8) is 0 Å². The lowest BCUT2D eigenvalue weighted by Crippen LogP contribution is -2.36. The summed E-state index contributed by atoms with van der Waals surface area (Å²) < 4.78 is 0. The number of piperidine rings is 1. The molecule has 3 nitrogen and oxygen atoms in total. The molecule has 102 valence electrons. The second-order valence-electron chi connectivity index (χ2n) is 5.29. The van der Waals surface area contributed by atoms with E-state index in [2.05, 4.69) is 29.3 Å². The molecule has 0 unspecified atom stereocenters. The minimum atomic E-state index is 0.801. The van der Waals surface area contributed by atoms with Gasteiger partial charge >= 0.3 is 0 Å². The summed E-state index contributed by atoms with van der Waals surface area (Å²) in [6.45, 7) is 7.59. The lowest BCUT2D eigenvalue weighted by molar-refractivity contribution is 0.207. The van der Waals surface area contributed by atoms with Crippen LogP contribution in [0.1, 0.15) is 30.9 Å². The molecule has 1 N–H and O–H groups in total. The highest BCUT2D eigenvalue weighted by atomic mass is 15.1. The molecule has 1 saturated heterocycles. The molecule has 2 rings (SSSR count). The monoisotopic (exact) mass is 257 g/mol. The maximum Gasteiger partial charge on any atom is 0.0995 e. The molecule has 0 aromatic heterocycles. The second-order valence-corrected chi connectivity index (χ2v) is 5.29. The zero-order valence-electron chi connectivity index (χ0n) is 11.7. The molecule has 0 radical (unpaired) electrons. The molecule has 3 heteroatoms. The molecule has 1 aromatic carbocycles. The molecule has 1 aromatic rings. The van der Waals surface area contributed by atoms with Gasteiger partial charge in [0.15, 0.2) is 0 Å². The van der Waals surface area contributed by atoms with Gasteiger partial charge in [0.2, 0.25) is 0 Å². The Morgan fingerprint density at radius 2 is 2.05 bits per heavy atom. The SMILES string of the molecule is CCN(Cc1ccccc1C#N)CC1CCNCC1. The molecule has 0 spiro atoms. The van der Waals surface area contributed by atoms with Crippen LogP contribution in [0.3, 0.4) is 0 Å². The number of nitrogens with one attached hydrogen (secondary N) is 1. The van der Waals surface area contributed by atoms with Gasteiger partial charge in [-0.3, -0.25) is 4.90 Å². The number of hydrogen-bond acceptors (Lipinski definition) is 3. The standard InChI is InChI=1S/C16H23N3/c1-2-19(12-14-7-9-18-10-8-14)13-16-6-4-3-5-15(16)11-17/h3-6,14,18H,2,7-10,12-13H2,1H3. The molecule has 0 atom stereocenters. The quantitative estimate of drug-likeness (QED) is 0.880. The van der Waals surface area contributed by atoms with Crippen LogP contribution in [0.15, 0.2) is 24.3 Å². The fourth-order valence-electron chi connectivity index (χ4n) is 2.74. The summed E-state index contributed by atoms with van der Waals surface area (Å²) in [7, 11) is 0. The van der Waals surface area contributed by atoms with Crippen molar-refractivity contribution in [1.29, 1.82) is 5.26 Å². The summed E-state index contributed by atoms with van der Waals surface area (Å²) in [6, 6.07) is 10.2. The summed E-state index contributed by atoms with van der Waals surface area (Å²) in [5.41, 5.74) is 1.96. The third kappa shape index (κ3) is 4.05. The Kier molecular flexibility index (Phi) is 5.38. The van der Waals surface area contributed by atoms with Crippen LogP contribution in [-0.4, -0.2) is 31.1 Å². The summed E-state index contributed by atoms with van der Waals surface area (Å²) in [6.07, 6.45) is 2.55. The van der Waals surface area contributed by atoms with E-state index >= 15 is 0 Å². The number of rotatable bonds is 5. The fraction of sp³-hybridized carbons (Fsp3) is 0.562. The van der Waals surface area contributed by atoms with Crippen molar-refractivity contribution < 1.29 is 0 Å². The molecule has 0 bridgehead atoms. The van der Waals surface area contributed by atoms with Crippen LogP contribution in [0, 0.1) is 17.2 Å². The lowest BCUT2D eigenvalue weighted by atomic mass is 9.97. The molecule has 1 aliphatic heterocycles. The first-order chi connectivity index (χ1) is 9.33. The maximum atomic E-state index is 9.15. The molecular formula is C16H23N3. The number of benzene rings is 1. The van der Waals surface area contributed by atoms with Crippen molar-refractivity contribution in [2.24, 2.45) is 5.92 Å². The van der Waals surface area contributed by atoms with E-state index in [1.165, 1.54) is 12.8 Å². The van der Waals surface area contributed by atoms with Crippen molar-refractivity contribution in [1.82, 2.24) is 10.2 Å². The number of nitriles is 1. The average molecular weight is 257 g/mol. The van der Waals surface area contributed by atoms with Crippen molar-refractivity contribution in [2.75, 3.05) is 26.2 Å². The zero-order valence-corrected chi connectivity index (χ0v) is 11.7. The Bertz CT molecular complexity index is 430. The van der Waals surface area contributed by atoms with E-state index in [1.54, 1.807) is 0 Å². The van der Waals surface area contributed by atoms with E-state index in [0.29, 0.717) is 0 Å². The van der Waals surface area contributed by atoms with Crippen LogP contribution in [0.4, 0.5) is 0 Å². The van der Waals surface area contributed by atoms with Crippen molar-refractivity contribution >= 4 is 0 Å². The predicted molar refractivity (Wildman–Crippen MR) is 77.7 cm³/mol. The van der Waals surface area contributed by atoms with Crippen molar-refractivity contribution in [3.8, 4) is 6.07 Å². The first-order valence-electron chi connectivity index (χ1n) is 7.24. The Labute approximate surface area is 116 Å². The summed E-state index contributed by atoms with van der Waals surface area (Å²) in [5.74, 6) is 0.801. The van der Waals surface area contributed by atoms with Gasteiger partial charge < -0.3 is 5.32 Å². The van der Waals surface area contributed by atoms with Crippen LogP contribution < -0.4 is 5.32 Å². The Morgan fingerprint density at radius 3 is 2.74 bits per heavy atom. The molecule has 1 aliphatic rings. The van der Waals surface area contributed by atoms with E-state index in [1.807, 2.05) is 18.2 Å². The first-order valence-corrected chi connectivity index (χ1v) is 7.24. The van der Waals surface area contributed by atoms with Gasteiger partial charge in [0.05, 0.1) is 11.6 Å². The van der Waals surface area contributed by atoms with Gasteiger partial charge in [-0.1, -0.05) is 25.1 Å². The second kappa shape index (κ2) is 7.28. The van der Waals surface area contributed by atoms with Crippen LogP contribution in [-0.2, 0) is 6.54 Å². The highest BCUT2D eigenvalue weighted by Crippen LogP contribution is 2.16. The van der Waals surface area contributed by atoms with Gasteiger partial charge in [-0.15, -0.1) is 0 Å². The third-order valence-electron chi connectivity index (χ3n) is 3.95. The molecule has 0 saturated carbocycles. The van der Waals surface area contributed by atoms with Gasteiger partial charge in [0, 0.05) is 13.1 Å². The van der Waals surface area contributed by atoms with Crippen LogP contribution in [0.2, 0.25) is 0 Å². The highest BCUT2D eigenvalue weighted by Gasteiger charge is 2.16. The van der Waals surface area contributed by atoms with Gasteiger partial charge in [-0.05, 0) is 50.0 Å². The lowest BCUT2D eigenvalue weighted by Gasteiger charge is -2.29. The summed E-state index contributed by atoms with van der Waals surface area (Å²) in [5, 5.41) is 12.6. The van der Waals surface area contributed by atoms with E-state index < -0.39 is 0 Å². The normalized spacial score (nSPS) is 16.5. The van der Waals surface area contributed by atoms with Gasteiger partial charge in [0.1, 0.15) is 0 Å². The Hall–Kier alpha value is -1.37. The third-order valence-corrected chi connectivity index (χ3v) is 3.95. The van der Waals surface area contributed by atoms with Crippen molar-refractivity contribution in [2.45, 2.75) is 26.3 Å². The average Bonchev–Trinajstić information content (AvgIpc) is 2.48. The maximum absolute atomic E-state index is 9.15. The Morgan fingerprint density at radius 1 is 1.32 bits per heavy atom. The van der Waals surface area contributed by atoms with Crippen LogP contribution in [0.5, 0.6) is 0 Å². The number of nitrogens with zero attached hydrogens (tertiary/aromatic N) is 2. The molecule has 1 fully saturated rings.